The Morgan fingerprint density at radius 1 is 1.00 bits per heavy atom. The zero-order valence-electron chi connectivity index (χ0n) is 28.6. The van der Waals surface area contributed by atoms with E-state index in [1.807, 2.05) is 11.1 Å². The summed E-state index contributed by atoms with van der Waals surface area (Å²) < 4.78 is 0. The zero-order chi connectivity index (χ0) is 33.1. The van der Waals surface area contributed by atoms with Crippen LogP contribution in [0.1, 0.15) is 101 Å². The molecule has 2 saturated heterocycles. The first-order valence-corrected chi connectivity index (χ1v) is 18.0. The van der Waals surface area contributed by atoms with Gasteiger partial charge in [0.15, 0.2) is 0 Å². The van der Waals surface area contributed by atoms with Crippen molar-refractivity contribution in [1.82, 2.24) is 29.7 Å². The summed E-state index contributed by atoms with van der Waals surface area (Å²) in [7, 11) is 0. The Kier molecular flexibility index (Phi) is 7.85. The summed E-state index contributed by atoms with van der Waals surface area (Å²) in [6.45, 7) is 9.37. The van der Waals surface area contributed by atoms with Crippen molar-refractivity contribution in [2.75, 3.05) is 6.54 Å². The minimum absolute atomic E-state index is 0.00426. The Morgan fingerprint density at radius 3 is 2.60 bits per heavy atom. The van der Waals surface area contributed by atoms with Gasteiger partial charge in [0.25, 0.3) is 0 Å². The standard InChI is InChI=1S/C40H46N6O2/c1-5-25-18-36(45(21-25)22-47)39-41-20-34(43-39)32-14-13-28(30-7-6-8-31(30)32)26-10-12-29-27(19-26)11-15-33-38(29)44-40(42-33)35-16-9-24(4)46(35)37(48)17-23(2)3/h10-15,19-20,22-25,35-36H,5-9,16-18,21H2,1-4H3,(H,41,43)(H,42,44). The molecule has 48 heavy (non-hydrogen) atoms. The molecule has 248 valence electrons. The number of hydrogen-bond acceptors (Lipinski definition) is 4. The smallest absolute Gasteiger partial charge is 0.223 e. The number of carbonyl (C=O) groups excluding carboxylic acids is 2. The van der Waals surface area contributed by atoms with Crippen LogP contribution in [-0.4, -0.2) is 54.6 Å². The third kappa shape index (κ3) is 5.20. The van der Waals surface area contributed by atoms with Crippen LogP contribution >= 0.6 is 0 Å². The molecular weight excluding hydrogens is 596 g/mol. The van der Waals surface area contributed by atoms with Gasteiger partial charge >= 0.3 is 0 Å². The normalized spacial score (nSPS) is 22.4. The third-order valence-corrected chi connectivity index (χ3v) is 11.3. The summed E-state index contributed by atoms with van der Waals surface area (Å²) in [6.07, 6.45) is 10.7. The number of amides is 2. The topological polar surface area (TPSA) is 98.0 Å². The second-order valence-electron chi connectivity index (χ2n) is 14.8. The van der Waals surface area contributed by atoms with Crippen LogP contribution in [0, 0.1) is 11.8 Å². The Morgan fingerprint density at radius 2 is 1.81 bits per heavy atom. The average molecular weight is 643 g/mol. The lowest BCUT2D eigenvalue weighted by molar-refractivity contribution is -0.134. The van der Waals surface area contributed by atoms with E-state index in [-0.39, 0.29) is 24.0 Å². The van der Waals surface area contributed by atoms with Gasteiger partial charge in [0.1, 0.15) is 11.6 Å². The number of H-pyrrole nitrogens is 2. The second kappa shape index (κ2) is 12.2. The van der Waals surface area contributed by atoms with Crippen LogP contribution in [0.3, 0.4) is 0 Å². The van der Waals surface area contributed by atoms with Crippen LogP contribution in [0.5, 0.6) is 0 Å². The molecule has 8 nitrogen and oxygen atoms in total. The molecule has 1 aliphatic carbocycles. The van der Waals surface area contributed by atoms with Gasteiger partial charge in [-0.05, 0) is 97.1 Å². The van der Waals surface area contributed by atoms with Crippen LogP contribution < -0.4 is 0 Å². The fraction of sp³-hybridized carbons (Fsp3) is 0.450. The Labute approximate surface area is 282 Å². The van der Waals surface area contributed by atoms with Crippen LogP contribution in [-0.2, 0) is 22.4 Å². The van der Waals surface area contributed by atoms with Crippen molar-refractivity contribution < 1.29 is 9.59 Å². The molecule has 2 N–H and O–H groups in total. The fourth-order valence-electron chi connectivity index (χ4n) is 8.78. The molecule has 2 aliphatic heterocycles. The number of benzene rings is 3. The second-order valence-corrected chi connectivity index (χ2v) is 14.8. The maximum Gasteiger partial charge on any atom is 0.223 e. The number of fused-ring (bicyclic) bond motifs is 4. The molecular formula is C40H46N6O2. The van der Waals surface area contributed by atoms with Crippen molar-refractivity contribution in [3.05, 3.63) is 71.4 Å². The molecule has 3 aromatic carbocycles. The zero-order valence-corrected chi connectivity index (χ0v) is 28.6. The molecule has 4 unspecified atom stereocenters. The monoisotopic (exact) mass is 642 g/mol. The molecule has 0 saturated carbocycles. The average Bonchev–Trinajstić information content (AvgIpc) is 3.92. The molecule has 2 fully saturated rings. The van der Waals surface area contributed by atoms with Gasteiger partial charge in [-0.1, -0.05) is 57.5 Å². The number of rotatable bonds is 8. The number of imidazole rings is 2. The van der Waals surface area contributed by atoms with Gasteiger partial charge in [0.05, 0.1) is 35.0 Å². The molecule has 8 heteroatoms. The summed E-state index contributed by atoms with van der Waals surface area (Å²) in [5, 5.41) is 2.30. The van der Waals surface area contributed by atoms with E-state index in [1.165, 1.54) is 33.2 Å². The number of aromatic nitrogens is 4. The molecule has 5 aromatic rings. The van der Waals surface area contributed by atoms with Crippen LogP contribution in [0.25, 0.3) is 44.2 Å². The van der Waals surface area contributed by atoms with Gasteiger partial charge in [0, 0.05) is 30.0 Å². The van der Waals surface area contributed by atoms with Crippen LogP contribution in [0.4, 0.5) is 0 Å². The first-order chi connectivity index (χ1) is 23.3. The quantitative estimate of drug-likeness (QED) is 0.166. The van der Waals surface area contributed by atoms with E-state index in [9.17, 15) is 9.59 Å². The highest BCUT2D eigenvalue weighted by molar-refractivity contribution is 6.05. The number of hydrogen-bond donors (Lipinski definition) is 2. The Hall–Kier alpha value is -4.46. The number of nitrogens with zero attached hydrogens (tertiary/aromatic N) is 4. The van der Waals surface area contributed by atoms with Gasteiger partial charge in [-0.15, -0.1) is 0 Å². The lowest BCUT2D eigenvalue weighted by Crippen LogP contribution is -2.36. The molecule has 0 spiro atoms. The van der Waals surface area contributed by atoms with E-state index >= 15 is 0 Å². The van der Waals surface area contributed by atoms with Crippen molar-refractivity contribution in [3.8, 4) is 22.4 Å². The number of likely N-dealkylation sites (tertiary alicyclic amines) is 2. The SMILES string of the molecule is CCC1CC(c2ncc(-c3ccc(-c4ccc5c(ccc6[nH]c(C7CCC(C)N7C(=O)CC(C)C)nc65)c4)c4c3CCC4)[nH]2)N(C=O)C1. The molecule has 0 bridgehead atoms. The lowest BCUT2D eigenvalue weighted by Gasteiger charge is -2.28. The predicted molar refractivity (Wildman–Crippen MR) is 190 cm³/mol. The molecule has 2 amide bonds. The summed E-state index contributed by atoms with van der Waals surface area (Å²) in [4.78, 5) is 46.1. The number of aromatic amines is 2. The van der Waals surface area contributed by atoms with E-state index in [4.69, 9.17) is 9.97 Å². The van der Waals surface area contributed by atoms with E-state index < -0.39 is 0 Å². The predicted octanol–water partition coefficient (Wildman–Crippen LogP) is 8.29. The molecule has 4 atom stereocenters. The molecule has 2 aromatic heterocycles. The van der Waals surface area contributed by atoms with Gasteiger partial charge in [0.2, 0.25) is 12.3 Å². The summed E-state index contributed by atoms with van der Waals surface area (Å²) in [6, 6.07) is 15.9. The van der Waals surface area contributed by atoms with Gasteiger partial charge < -0.3 is 19.8 Å². The Balaban J connectivity index is 1.10. The van der Waals surface area contributed by atoms with E-state index in [0.29, 0.717) is 18.3 Å². The van der Waals surface area contributed by atoms with Gasteiger partial charge in [-0.25, -0.2) is 9.97 Å². The van der Waals surface area contributed by atoms with Crippen LogP contribution in [0.2, 0.25) is 0 Å². The minimum atomic E-state index is -0.00426. The maximum atomic E-state index is 13.2. The molecule has 0 radical (unpaired) electrons. The maximum absolute atomic E-state index is 13.2. The van der Waals surface area contributed by atoms with Crippen molar-refractivity contribution in [2.24, 2.45) is 11.8 Å². The van der Waals surface area contributed by atoms with Crippen LogP contribution in [0.15, 0.2) is 48.7 Å². The van der Waals surface area contributed by atoms with Crippen molar-refractivity contribution in [3.63, 3.8) is 0 Å². The van der Waals surface area contributed by atoms with Gasteiger partial charge in [-0.3, -0.25) is 9.59 Å². The largest absolute Gasteiger partial charge is 0.340 e. The minimum Gasteiger partial charge on any atom is -0.340 e. The van der Waals surface area contributed by atoms with Gasteiger partial charge in [-0.2, -0.15) is 0 Å². The third-order valence-electron chi connectivity index (χ3n) is 11.3. The summed E-state index contributed by atoms with van der Waals surface area (Å²) >= 11 is 0. The highest BCUT2D eigenvalue weighted by Gasteiger charge is 2.37. The van der Waals surface area contributed by atoms with Crippen molar-refractivity contribution >= 4 is 34.1 Å². The highest BCUT2D eigenvalue weighted by atomic mass is 16.2. The van der Waals surface area contributed by atoms with E-state index in [1.54, 1.807) is 0 Å². The molecule has 3 aliphatic rings. The van der Waals surface area contributed by atoms with Crippen molar-refractivity contribution in [1.29, 1.82) is 0 Å². The first kappa shape index (κ1) is 30.8. The van der Waals surface area contributed by atoms with E-state index in [2.05, 4.69) is 85.0 Å². The summed E-state index contributed by atoms with van der Waals surface area (Å²) in [5.41, 5.74) is 9.60. The molecule has 4 heterocycles. The summed E-state index contributed by atoms with van der Waals surface area (Å²) in [5.74, 6) is 2.88. The van der Waals surface area contributed by atoms with E-state index in [0.717, 1.165) is 91.7 Å². The van der Waals surface area contributed by atoms with Crippen molar-refractivity contribution in [2.45, 2.75) is 97.2 Å². The lowest BCUT2D eigenvalue weighted by atomic mass is 9.91. The number of nitrogens with one attached hydrogen (secondary N) is 2. The molecule has 8 rings (SSSR count). The fourth-order valence-corrected chi connectivity index (χ4v) is 8.78. The highest BCUT2D eigenvalue weighted by Crippen LogP contribution is 2.42. The number of carbonyl (C=O) groups is 2. The Bertz CT molecular complexity index is 2020. The first-order valence-electron chi connectivity index (χ1n) is 18.0.